The van der Waals surface area contributed by atoms with Crippen molar-refractivity contribution >= 4 is 45.5 Å². The molecule has 0 saturated heterocycles. The number of amides is 1. The van der Waals surface area contributed by atoms with Gasteiger partial charge in [0.25, 0.3) is 5.91 Å². The van der Waals surface area contributed by atoms with E-state index in [1.54, 1.807) is 29.7 Å². The lowest BCUT2D eigenvalue weighted by atomic mass is 9.97. The van der Waals surface area contributed by atoms with Crippen LogP contribution in [-0.4, -0.2) is 28.4 Å². The van der Waals surface area contributed by atoms with Gasteiger partial charge in [0.05, 0.1) is 12.8 Å². The standard InChI is InChI=1S/C23H20ClN3O3S/c1-12-5-6-13(2)16(9-12)17-11-31-22(19(17)23(29)30-4)26-21(28)20-14(3)25-18-10-15(24)7-8-27(18)20/h5-11H,1-4H3,(H,26,28). The lowest BCUT2D eigenvalue weighted by Gasteiger charge is -2.10. The van der Waals surface area contributed by atoms with Gasteiger partial charge >= 0.3 is 5.97 Å². The summed E-state index contributed by atoms with van der Waals surface area (Å²) in [5.74, 6) is -0.874. The zero-order valence-corrected chi connectivity index (χ0v) is 19.0. The van der Waals surface area contributed by atoms with E-state index in [4.69, 9.17) is 16.3 Å². The number of halogens is 1. The second-order valence-corrected chi connectivity index (χ2v) is 8.55. The largest absolute Gasteiger partial charge is 0.465 e. The molecular formula is C23H20ClN3O3S. The minimum absolute atomic E-state index is 0.337. The lowest BCUT2D eigenvalue weighted by molar-refractivity contribution is 0.0603. The number of rotatable bonds is 4. The third kappa shape index (κ3) is 3.82. The van der Waals surface area contributed by atoms with E-state index >= 15 is 0 Å². The first-order valence-electron chi connectivity index (χ1n) is 9.53. The summed E-state index contributed by atoms with van der Waals surface area (Å²) >= 11 is 7.33. The molecule has 0 bridgehead atoms. The monoisotopic (exact) mass is 453 g/mol. The Labute approximate surface area is 188 Å². The number of fused-ring (bicyclic) bond motifs is 1. The maximum Gasteiger partial charge on any atom is 0.341 e. The first-order chi connectivity index (χ1) is 14.8. The van der Waals surface area contributed by atoms with Crippen molar-refractivity contribution in [3.63, 3.8) is 0 Å². The van der Waals surface area contributed by atoms with Crippen molar-refractivity contribution < 1.29 is 14.3 Å². The van der Waals surface area contributed by atoms with Crippen molar-refractivity contribution in [2.24, 2.45) is 0 Å². The van der Waals surface area contributed by atoms with Crippen molar-refractivity contribution in [3.8, 4) is 11.1 Å². The molecule has 0 fully saturated rings. The molecule has 1 aromatic carbocycles. The number of nitrogens with one attached hydrogen (secondary N) is 1. The van der Waals surface area contributed by atoms with Crippen LogP contribution in [0.1, 0.15) is 37.7 Å². The summed E-state index contributed by atoms with van der Waals surface area (Å²) in [6.07, 6.45) is 1.70. The fourth-order valence-electron chi connectivity index (χ4n) is 3.55. The Morgan fingerprint density at radius 1 is 1.13 bits per heavy atom. The van der Waals surface area contributed by atoms with Crippen molar-refractivity contribution in [1.82, 2.24) is 9.38 Å². The Kier molecular flexibility index (Phi) is 5.56. The van der Waals surface area contributed by atoms with Gasteiger partial charge in [0.1, 0.15) is 21.9 Å². The van der Waals surface area contributed by atoms with Gasteiger partial charge in [0, 0.05) is 28.2 Å². The van der Waals surface area contributed by atoms with Gasteiger partial charge in [0.15, 0.2) is 0 Å². The third-order valence-electron chi connectivity index (χ3n) is 5.07. The molecule has 0 saturated carbocycles. The Morgan fingerprint density at radius 3 is 2.65 bits per heavy atom. The SMILES string of the molecule is COC(=O)c1c(-c2cc(C)ccc2C)csc1NC(=O)c1c(C)nc2cc(Cl)ccn12. The van der Waals surface area contributed by atoms with Gasteiger partial charge in [-0.1, -0.05) is 35.4 Å². The topological polar surface area (TPSA) is 72.7 Å². The number of ether oxygens (including phenoxy) is 1. The number of methoxy groups -OCH3 is 1. The van der Waals surface area contributed by atoms with Gasteiger partial charge in [-0.25, -0.2) is 9.78 Å². The van der Waals surface area contributed by atoms with E-state index in [-0.39, 0.29) is 5.91 Å². The van der Waals surface area contributed by atoms with E-state index < -0.39 is 5.97 Å². The fourth-order valence-corrected chi connectivity index (χ4v) is 4.65. The predicted molar refractivity (Wildman–Crippen MR) is 123 cm³/mol. The van der Waals surface area contributed by atoms with Crippen LogP contribution in [0.5, 0.6) is 0 Å². The number of imidazole rings is 1. The summed E-state index contributed by atoms with van der Waals surface area (Å²) in [5.41, 5.74) is 5.62. The lowest BCUT2D eigenvalue weighted by Crippen LogP contribution is -2.17. The van der Waals surface area contributed by atoms with Crippen LogP contribution in [0, 0.1) is 20.8 Å². The summed E-state index contributed by atoms with van der Waals surface area (Å²) in [6, 6.07) is 9.43. The summed E-state index contributed by atoms with van der Waals surface area (Å²) < 4.78 is 6.71. The first-order valence-corrected chi connectivity index (χ1v) is 10.8. The van der Waals surface area contributed by atoms with Crippen molar-refractivity contribution in [2.75, 3.05) is 12.4 Å². The quantitative estimate of drug-likeness (QED) is 0.403. The Morgan fingerprint density at radius 2 is 1.90 bits per heavy atom. The number of thiophene rings is 1. The molecule has 1 amide bonds. The predicted octanol–water partition coefficient (Wildman–Crippen LogP) is 5.68. The summed E-state index contributed by atoms with van der Waals surface area (Å²) in [6.45, 7) is 5.74. The van der Waals surface area contributed by atoms with E-state index in [0.717, 1.165) is 22.3 Å². The first kappa shape index (κ1) is 21.1. The Balaban J connectivity index is 1.78. The van der Waals surface area contributed by atoms with E-state index in [0.29, 0.717) is 32.6 Å². The van der Waals surface area contributed by atoms with Crippen LogP contribution >= 0.6 is 22.9 Å². The van der Waals surface area contributed by atoms with Crippen LogP contribution in [-0.2, 0) is 4.74 Å². The van der Waals surface area contributed by atoms with Crippen LogP contribution in [0.4, 0.5) is 5.00 Å². The number of carbonyl (C=O) groups is 2. The second kappa shape index (κ2) is 8.17. The summed E-state index contributed by atoms with van der Waals surface area (Å²) in [7, 11) is 1.33. The molecule has 4 aromatic rings. The number of aryl methyl sites for hydroxylation is 3. The van der Waals surface area contributed by atoms with Gasteiger partial charge in [-0.05, 0) is 38.0 Å². The molecule has 31 heavy (non-hydrogen) atoms. The van der Waals surface area contributed by atoms with E-state index in [1.807, 2.05) is 37.4 Å². The van der Waals surface area contributed by atoms with E-state index in [2.05, 4.69) is 10.3 Å². The fraction of sp³-hybridized carbons (Fsp3) is 0.174. The van der Waals surface area contributed by atoms with Crippen molar-refractivity contribution in [2.45, 2.75) is 20.8 Å². The zero-order chi connectivity index (χ0) is 22.3. The maximum atomic E-state index is 13.2. The molecule has 0 spiro atoms. The smallest absolute Gasteiger partial charge is 0.341 e. The third-order valence-corrected chi connectivity index (χ3v) is 6.20. The van der Waals surface area contributed by atoms with E-state index in [9.17, 15) is 9.59 Å². The van der Waals surface area contributed by atoms with Crippen LogP contribution in [0.3, 0.4) is 0 Å². The highest BCUT2D eigenvalue weighted by Gasteiger charge is 2.25. The Hall–Kier alpha value is -3.16. The van der Waals surface area contributed by atoms with Gasteiger partial charge in [-0.15, -0.1) is 11.3 Å². The number of hydrogen-bond donors (Lipinski definition) is 1. The molecule has 0 aliphatic rings. The number of carbonyl (C=O) groups excluding carboxylic acids is 2. The molecule has 0 aliphatic carbocycles. The number of pyridine rings is 1. The maximum absolute atomic E-state index is 13.2. The number of anilines is 1. The highest BCUT2D eigenvalue weighted by atomic mass is 35.5. The van der Waals surface area contributed by atoms with Gasteiger partial charge in [-0.3, -0.25) is 9.20 Å². The zero-order valence-electron chi connectivity index (χ0n) is 17.4. The average molecular weight is 454 g/mol. The van der Waals surface area contributed by atoms with Gasteiger partial charge in [0.2, 0.25) is 0 Å². The minimum Gasteiger partial charge on any atom is -0.465 e. The molecule has 0 aliphatic heterocycles. The van der Waals surface area contributed by atoms with Crippen LogP contribution < -0.4 is 5.32 Å². The van der Waals surface area contributed by atoms with Gasteiger partial charge < -0.3 is 10.1 Å². The molecule has 3 aromatic heterocycles. The second-order valence-electron chi connectivity index (χ2n) is 7.24. The number of nitrogens with zero attached hydrogens (tertiary/aromatic N) is 2. The van der Waals surface area contributed by atoms with Crippen molar-refractivity contribution in [3.05, 3.63) is 75.0 Å². The summed E-state index contributed by atoms with van der Waals surface area (Å²) in [5, 5.41) is 5.71. The number of esters is 1. The highest BCUT2D eigenvalue weighted by molar-refractivity contribution is 7.15. The molecule has 0 atom stereocenters. The molecule has 0 radical (unpaired) electrons. The molecule has 1 N–H and O–H groups in total. The van der Waals surface area contributed by atoms with E-state index in [1.165, 1.54) is 18.4 Å². The number of aromatic nitrogens is 2. The average Bonchev–Trinajstić information content (AvgIpc) is 3.28. The van der Waals surface area contributed by atoms with Gasteiger partial charge in [-0.2, -0.15) is 0 Å². The van der Waals surface area contributed by atoms with Crippen LogP contribution in [0.25, 0.3) is 16.8 Å². The van der Waals surface area contributed by atoms with Crippen LogP contribution in [0.2, 0.25) is 5.02 Å². The molecular weight excluding hydrogens is 434 g/mol. The molecule has 6 nitrogen and oxygen atoms in total. The summed E-state index contributed by atoms with van der Waals surface area (Å²) in [4.78, 5) is 30.3. The normalized spacial score (nSPS) is 11.0. The Bertz CT molecular complexity index is 1340. The molecule has 4 rings (SSSR count). The minimum atomic E-state index is -0.505. The molecule has 8 heteroatoms. The number of benzene rings is 1. The number of hydrogen-bond acceptors (Lipinski definition) is 5. The van der Waals surface area contributed by atoms with Crippen LogP contribution in [0.15, 0.2) is 41.9 Å². The molecule has 158 valence electrons. The molecule has 0 unspecified atom stereocenters. The molecule has 3 heterocycles. The van der Waals surface area contributed by atoms with Crippen molar-refractivity contribution in [1.29, 1.82) is 0 Å². The highest BCUT2D eigenvalue weighted by Crippen LogP contribution is 2.38.